The van der Waals surface area contributed by atoms with Gasteiger partial charge in [0.2, 0.25) is 0 Å². The lowest BCUT2D eigenvalue weighted by Gasteiger charge is -2.21. The molecular formula is C12H22N3O3P. The summed E-state index contributed by atoms with van der Waals surface area (Å²) in [6, 6.07) is 0. The summed E-state index contributed by atoms with van der Waals surface area (Å²) in [5, 5.41) is 3.94. The van der Waals surface area contributed by atoms with Crippen LogP contribution in [0.4, 0.5) is 0 Å². The van der Waals surface area contributed by atoms with Gasteiger partial charge >= 0.3 is 7.60 Å². The Morgan fingerprint density at radius 1 is 1.37 bits per heavy atom. The fourth-order valence-electron chi connectivity index (χ4n) is 1.55. The van der Waals surface area contributed by atoms with Crippen LogP contribution in [-0.4, -0.2) is 13.2 Å². The summed E-state index contributed by atoms with van der Waals surface area (Å²) in [5.41, 5.74) is 8.81. The predicted octanol–water partition coefficient (Wildman–Crippen LogP) is 5.15. The maximum absolute atomic E-state index is 12.8. The first-order chi connectivity index (χ1) is 9.09. The third-order valence-electron chi connectivity index (χ3n) is 2.34. The largest absolute Gasteiger partial charge is 0.357 e. The van der Waals surface area contributed by atoms with Crippen molar-refractivity contribution in [1.29, 1.82) is 0 Å². The first-order valence-corrected chi connectivity index (χ1v) is 7.94. The Bertz CT molecular complexity index is 404. The summed E-state index contributed by atoms with van der Waals surface area (Å²) in [7, 11) is -3.42. The number of rotatable bonds is 10. The fraction of sp³-hybridized carbons (Fsp3) is 0.667. The van der Waals surface area contributed by atoms with Crippen LogP contribution in [0.25, 0.3) is 10.4 Å². The number of allylic oxidation sites excluding steroid dienone is 2. The second-order valence-corrected chi connectivity index (χ2v) is 5.71. The van der Waals surface area contributed by atoms with Gasteiger partial charge in [-0.1, -0.05) is 31.1 Å². The van der Waals surface area contributed by atoms with E-state index in [1.807, 2.05) is 6.92 Å². The van der Waals surface area contributed by atoms with E-state index in [1.54, 1.807) is 13.8 Å². The van der Waals surface area contributed by atoms with Gasteiger partial charge in [-0.15, -0.1) is 0 Å². The van der Waals surface area contributed by atoms with Crippen LogP contribution in [0.1, 0.15) is 40.0 Å². The minimum atomic E-state index is -3.42. The monoisotopic (exact) mass is 287 g/mol. The van der Waals surface area contributed by atoms with Crippen LogP contribution in [-0.2, 0) is 13.6 Å². The molecule has 0 N–H and O–H groups in total. The van der Waals surface area contributed by atoms with Gasteiger partial charge in [-0.25, -0.2) is 0 Å². The first kappa shape index (κ1) is 17.9. The van der Waals surface area contributed by atoms with Gasteiger partial charge in [0, 0.05) is 10.6 Å². The minimum absolute atomic E-state index is 0.237. The van der Waals surface area contributed by atoms with Gasteiger partial charge in [-0.05, 0) is 32.2 Å². The molecule has 0 fully saturated rings. The SMILES string of the molecule is C=C/C(N=[N+]=[N-])=C(\CCCC)P(=O)(OCC)OCC. The van der Waals surface area contributed by atoms with Crippen molar-refractivity contribution in [1.82, 2.24) is 0 Å². The Balaban J connectivity index is 5.70. The van der Waals surface area contributed by atoms with Crippen LogP contribution >= 0.6 is 7.60 Å². The van der Waals surface area contributed by atoms with Crippen molar-refractivity contribution in [3.8, 4) is 0 Å². The summed E-state index contributed by atoms with van der Waals surface area (Å²) in [6.07, 6.45) is 3.60. The van der Waals surface area contributed by atoms with Crippen molar-refractivity contribution >= 4 is 7.60 Å². The van der Waals surface area contributed by atoms with Gasteiger partial charge in [0.05, 0.1) is 18.5 Å². The average Bonchev–Trinajstić information content (AvgIpc) is 2.38. The van der Waals surface area contributed by atoms with Crippen molar-refractivity contribution < 1.29 is 13.6 Å². The van der Waals surface area contributed by atoms with Crippen molar-refractivity contribution in [2.24, 2.45) is 5.11 Å². The molecule has 0 aromatic rings. The Kier molecular flexibility index (Phi) is 9.27. The molecule has 0 aromatic heterocycles. The number of unbranched alkanes of at least 4 members (excludes halogenated alkanes) is 1. The van der Waals surface area contributed by atoms with Gasteiger partial charge in [-0.3, -0.25) is 4.57 Å². The van der Waals surface area contributed by atoms with Crippen molar-refractivity contribution in [3.63, 3.8) is 0 Å². The lowest BCUT2D eigenvalue weighted by atomic mass is 10.2. The molecule has 0 radical (unpaired) electrons. The standard InChI is InChI=1S/C12H22N3O3P/c1-5-9-10-12(11(6-2)14-15-13)19(16,17-7-3)18-8-4/h6H,2,5,7-10H2,1,3-4H3/b12-11-. The van der Waals surface area contributed by atoms with Crippen LogP contribution in [0.2, 0.25) is 0 Å². The Morgan fingerprint density at radius 3 is 2.32 bits per heavy atom. The van der Waals surface area contributed by atoms with E-state index in [-0.39, 0.29) is 18.9 Å². The summed E-state index contributed by atoms with van der Waals surface area (Å²) >= 11 is 0. The molecule has 0 rings (SSSR count). The number of azide groups is 1. The zero-order valence-electron chi connectivity index (χ0n) is 11.8. The predicted molar refractivity (Wildman–Crippen MR) is 76.8 cm³/mol. The maximum atomic E-state index is 12.8. The molecule has 19 heavy (non-hydrogen) atoms. The molecule has 0 unspecified atom stereocenters. The van der Waals surface area contributed by atoms with Gasteiger partial charge < -0.3 is 9.05 Å². The molecule has 0 bridgehead atoms. The molecule has 0 saturated heterocycles. The number of nitrogens with zero attached hydrogens (tertiary/aromatic N) is 3. The first-order valence-electron chi connectivity index (χ1n) is 6.39. The molecule has 6 nitrogen and oxygen atoms in total. The number of hydrogen-bond acceptors (Lipinski definition) is 4. The maximum Gasteiger partial charge on any atom is 0.357 e. The smallest absolute Gasteiger partial charge is 0.306 e. The third kappa shape index (κ3) is 5.62. The molecular weight excluding hydrogens is 265 g/mol. The normalized spacial score (nSPS) is 12.6. The van der Waals surface area contributed by atoms with E-state index in [0.29, 0.717) is 11.7 Å². The second-order valence-electron chi connectivity index (χ2n) is 3.66. The molecule has 0 aliphatic carbocycles. The summed E-state index contributed by atoms with van der Waals surface area (Å²) in [6.45, 7) is 9.60. The highest BCUT2D eigenvalue weighted by Gasteiger charge is 2.30. The van der Waals surface area contributed by atoms with Crippen LogP contribution in [0.15, 0.2) is 28.8 Å². The summed E-state index contributed by atoms with van der Waals surface area (Å²) in [4.78, 5) is 2.73. The van der Waals surface area contributed by atoms with Crippen LogP contribution in [0.3, 0.4) is 0 Å². The van der Waals surface area contributed by atoms with E-state index in [2.05, 4.69) is 16.6 Å². The van der Waals surface area contributed by atoms with Gasteiger partial charge in [-0.2, -0.15) is 0 Å². The molecule has 0 heterocycles. The minimum Gasteiger partial charge on any atom is -0.306 e. The molecule has 0 aliphatic heterocycles. The van der Waals surface area contributed by atoms with Crippen molar-refractivity contribution in [3.05, 3.63) is 34.1 Å². The van der Waals surface area contributed by atoms with Gasteiger partial charge in [0.25, 0.3) is 0 Å². The van der Waals surface area contributed by atoms with Crippen LogP contribution < -0.4 is 0 Å². The van der Waals surface area contributed by atoms with Crippen LogP contribution in [0, 0.1) is 0 Å². The topological polar surface area (TPSA) is 84.3 Å². The molecule has 0 spiro atoms. The van der Waals surface area contributed by atoms with E-state index in [4.69, 9.17) is 14.6 Å². The van der Waals surface area contributed by atoms with Gasteiger partial charge in [0.15, 0.2) is 0 Å². The van der Waals surface area contributed by atoms with E-state index in [0.717, 1.165) is 12.8 Å². The van der Waals surface area contributed by atoms with Crippen LogP contribution in [0.5, 0.6) is 0 Å². The Morgan fingerprint density at radius 2 is 1.95 bits per heavy atom. The van der Waals surface area contributed by atoms with E-state index >= 15 is 0 Å². The highest BCUT2D eigenvalue weighted by molar-refractivity contribution is 7.58. The fourth-order valence-corrected chi connectivity index (χ4v) is 3.46. The lowest BCUT2D eigenvalue weighted by molar-refractivity contribution is 0.225. The molecule has 0 saturated carbocycles. The van der Waals surface area contributed by atoms with Gasteiger partial charge in [0.1, 0.15) is 0 Å². The van der Waals surface area contributed by atoms with Crippen molar-refractivity contribution in [2.75, 3.05) is 13.2 Å². The van der Waals surface area contributed by atoms with E-state index in [9.17, 15) is 4.57 Å². The molecule has 0 amide bonds. The Labute approximate surface area is 114 Å². The van der Waals surface area contributed by atoms with E-state index in [1.165, 1.54) is 6.08 Å². The number of hydrogen-bond donors (Lipinski definition) is 0. The second kappa shape index (κ2) is 9.82. The zero-order chi connectivity index (χ0) is 14.7. The summed E-state index contributed by atoms with van der Waals surface area (Å²) in [5.74, 6) is 0. The summed E-state index contributed by atoms with van der Waals surface area (Å²) < 4.78 is 23.4. The highest BCUT2D eigenvalue weighted by atomic mass is 31.2. The molecule has 7 heteroatoms. The molecule has 108 valence electrons. The Hall–Kier alpha value is -1.06. The molecule has 0 aromatic carbocycles. The lowest BCUT2D eigenvalue weighted by Crippen LogP contribution is -2.01. The zero-order valence-corrected chi connectivity index (χ0v) is 12.7. The molecule has 0 atom stereocenters. The quantitative estimate of drug-likeness (QED) is 0.183. The molecule has 0 aliphatic rings. The highest BCUT2D eigenvalue weighted by Crippen LogP contribution is 2.59. The van der Waals surface area contributed by atoms with E-state index < -0.39 is 7.60 Å². The average molecular weight is 287 g/mol. The third-order valence-corrected chi connectivity index (χ3v) is 4.65. The van der Waals surface area contributed by atoms with Crippen molar-refractivity contribution in [2.45, 2.75) is 40.0 Å².